The number of amides is 1. The Morgan fingerprint density at radius 2 is 1.82 bits per heavy atom. The number of hydrogen-bond donors (Lipinski definition) is 2. The van der Waals surface area contributed by atoms with Gasteiger partial charge in [-0.25, -0.2) is 13.6 Å². The highest BCUT2D eigenvalue weighted by atomic mass is 19.3. The van der Waals surface area contributed by atoms with Gasteiger partial charge in [0, 0.05) is 6.42 Å². The average Bonchev–Trinajstić information content (AvgIpc) is 2.45. The van der Waals surface area contributed by atoms with Crippen molar-refractivity contribution < 1.29 is 33.0 Å². The van der Waals surface area contributed by atoms with Crippen molar-refractivity contribution in [2.75, 3.05) is 13.2 Å². The summed E-state index contributed by atoms with van der Waals surface area (Å²) >= 11 is 0. The van der Waals surface area contributed by atoms with Crippen LogP contribution in [0.3, 0.4) is 0 Å². The van der Waals surface area contributed by atoms with E-state index in [0.717, 1.165) is 0 Å². The van der Waals surface area contributed by atoms with Crippen molar-refractivity contribution in [1.29, 1.82) is 0 Å². The maximum Gasteiger partial charge on any atom is 0.326 e. The quantitative estimate of drug-likeness (QED) is 0.724. The van der Waals surface area contributed by atoms with Crippen LogP contribution < -0.4 is 14.8 Å². The minimum Gasteiger partial charge on any atom is -0.490 e. The lowest BCUT2D eigenvalue weighted by atomic mass is 10.2. The van der Waals surface area contributed by atoms with E-state index in [0.29, 0.717) is 18.1 Å². The maximum absolute atomic E-state index is 12.2. The number of halogens is 2. The molecule has 0 aliphatic heterocycles. The summed E-state index contributed by atoms with van der Waals surface area (Å²) in [4.78, 5) is 22.4. The number of ether oxygens (including phenoxy) is 2. The summed E-state index contributed by atoms with van der Waals surface area (Å²) < 4.78 is 35.0. The van der Waals surface area contributed by atoms with Crippen LogP contribution in [0.1, 0.15) is 13.3 Å². The van der Waals surface area contributed by atoms with Gasteiger partial charge in [-0.1, -0.05) is 12.1 Å². The Bertz CT molecular complexity index is 510. The van der Waals surface area contributed by atoms with Crippen molar-refractivity contribution in [3.8, 4) is 11.5 Å². The molecule has 0 aromatic heterocycles. The second-order valence-electron chi connectivity index (χ2n) is 4.25. The fraction of sp³-hybridized carbons (Fsp3) is 0.429. The molecular formula is C14H17F2NO5. The van der Waals surface area contributed by atoms with Crippen molar-refractivity contribution in [3.05, 3.63) is 24.3 Å². The van der Waals surface area contributed by atoms with Crippen LogP contribution in [0.2, 0.25) is 0 Å². The van der Waals surface area contributed by atoms with Gasteiger partial charge in [-0.3, -0.25) is 4.79 Å². The summed E-state index contributed by atoms with van der Waals surface area (Å²) in [6, 6.07) is 4.96. The number of carboxylic acid groups (broad SMARTS) is 1. The average molecular weight is 317 g/mol. The first kappa shape index (κ1) is 17.7. The number of carbonyl (C=O) groups is 2. The lowest BCUT2D eigenvalue weighted by Gasteiger charge is -2.15. The standard InChI is InChI=1S/C14H17F2NO5/c1-2-21-10-5-3-4-6-11(10)22-8-13(18)17-9(14(19)20)7-12(15)16/h3-6,9,12H,2,7-8H2,1H3,(H,17,18)(H,19,20). The van der Waals surface area contributed by atoms with Gasteiger partial charge >= 0.3 is 5.97 Å². The fourth-order valence-corrected chi connectivity index (χ4v) is 1.62. The normalized spacial score (nSPS) is 11.8. The molecule has 122 valence electrons. The molecule has 1 aromatic carbocycles. The molecule has 8 heteroatoms. The molecule has 22 heavy (non-hydrogen) atoms. The van der Waals surface area contributed by atoms with E-state index >= 15 is 0 Å². The minimum absolute atomic E-state index is 0.306. The van der Waals surface area contributed by atoms with Gasteiger partial charge in [-0.2, -0.15) is 0 Å². The van der Waals surface area contributed by atoms with E-state index < -0.39 is 37.4 Å². The maximum atomic E-state index is 12.2. The molecule has 0 fully saturated rings. The third-order valence-corrected chi connectivity index (χ3v) is 2.55. The number of carbonyl (C=O) groups excluding carboxylic acids is 1. The Hall–Kier alpha value is -2.38. The number of nitrogens with one attached hydrogen (secondary N) is 1. The molecule has 0 saturated carbocycles. The monoisotopic (exact) mass is 317 g/mol. The van der Waals surface area contributed by atoms with Gasteiger partial charge in [0.25, 0.3) is 5.91 Å². The van der Waals surface area contributed by atoms with Gasteiger partial charge in [0.15, 0.2) is 18.1 Å². The first-order valence-electron chi connectivity index (χ1n) is 6.59. The van der Waals surface area contributed by atoms with E-state index in [1.807, 2.05) is 5.32 Å². The molecular weight excluding hydrogens is 300 g/mol. The SMILES string of the molecule is CCOc1ccccc1OCC(=O)NC(CC(F)F)C(=O)O. The summed E-state index contributed by atoms with van der Waals surface area (Å²) in [6.45, 7) is 1.68. The van der Waals surface area contributed by atoms with Crippen LogP contribution in [0.25, 0.3) is 0 Å². The summed E-state index contributed by atoms with van der Waals surface area (Å²) in [5.41, 5.74) is 0. The third kappa shape index (κ3) is 5.94. The second-order valence-corrected chi connectivity index (χ2v) is 4.25. The smallest absolute Gasteiger partial charge is 0.326 e. The van der Waals surface area contributed by atoms with Crippen molar-refractivity contribution in [3.63, 3.8) is 0 Å². The number of benzene rings is 1. The zero-order chi connectivity index (χ0) is 16.5. The molecule has 1 atom stereocenters. The molecule has 1 aromatic rings. The van der Waals surface area contributed by atoms with Crippen molar-refractivity contribution >= 4 is 11.9 Å². The third-order valence-electron chi connectivity index (χ3n) is 2.55. The van der Waals surface area contributed by atoms with E-state index in [9.17, 15) is 18.4 Å². The van der Waals surface area contributed by atoms with Crippen molar-refractivity contribution in [2.45, 2.75) is 25.8 Å². The molecule has 1 amide bonds. The van der Waals surface area contributed by atoms with Gasteiger partial charge in [0.05, 0.1) is 6.61 Å². The van der Waals surface area contributed by atoms with Gasteiger partial charge in [0.1, 0.15) is 6.04 Å². The molecule has 0 saturated heterocycles. The summed E-state index contributed by atoms with van der Waals surface area (Å²) in [5, 5.41) is 10.7. The number of rotatable bonds is 9. The van der Waals surface area contributed by atoms with Gasteiger partial charge in [-0.15, -0.1) is 0 Å². The molecule has 0 aliphatic carbocycles. The predicted molar refractivity (Wildman–Crippen MR) is 73.3 cm³/mol. The summed E-state index contributed by atoms with van der Waals surface area (Å²) in [5.74, 6) is -1.59. The molecule has 6 nitrogen and oxygen atoms in total. The van der Waals surface area contributed by atoms with Crippen LogP contribution >= 0.6 is 0 Å². The Kier molecular flexibility index (Phi) is 7.07. The zero-order valence-electron chi connectivity index (χ0n) is 11.9. The van der Waals surface area contributed by atoms with E-state index in [4.69, 9.17) is 14.6 Å². The number of hydrogen-bond acceptors (Lipinski definition) is 4. The molecule has 1 rings (SSSR count). The van der Waals surface area contributed by atoms with E-state index in [1.54, 1.807) is 31.2 Å². The van der Waals surface area contributed by atoms with Crippen molar-refractivity contribution in [2.24, 2.45) is 0 Å². The molecule has 0 radical (unpaired) electrons. The molecule has 0 spiro atoms. The molecule has 0 heterocycles. The predicted octanol–water partition coefficient (Wildman–Crippen LogP) is 1.69. The highest BCUT2D eigenvalue weighted by molar-refractivity contribution is 5.84. The van der Waals surface area contributed by atoms with E-state index in [2.05, 4.69) is 0 Å². The Morgan fingerprint density at radius 1 is 1.23 bits per heavy atom. The molecule has 1 unspecified atom stereocenters. The van der Waals surface area contributed by atoms with Crippen LogP contribution in [-0.4, -0.2) is 42.7 Å². The first-order chi connectivity index (χ1) is 10.4. The lowest BCUT2D eigenvalue weighted by molar-refractivity contribution is -0.143. The van der Waals surface area contributed by atoms with Gasteiger partial charge in [0.2, 0.25) is 6.43 Å². The topological polar surface area (TPSA) is 84.9 Å². The summed E-state index contributed by atoms with van der Waals surface area (Å²) in [7, 11) is 0. The first-order valence-corrected chi connectivity index (χ1v) is 6.59. The zero-order valence-corrected chi connectivity index (χ0v) is 11.9. The van der Waals surface area contributed by atoms with Crippen LogP contribution in [0.15, 0.2) is 24.3 Å². The van der Waals surface area contributed by atoms with Crippen LogP contribution in [-0.2, 0) is 9.59 Å². The fourth-order valence-electron chi connectivity index (χ4n) is 1.62. The minimum atomic E-state index is -2.83. The molecule has 0 bridgehead atoms. The Morgan fingerprint density at radius 3 is 2.32 bits per heavy atom. The number of para-hydroxylation sites is 2. The van der Waals surface area contributed by atoms with Crippen LogP contribution in [0.5, 0.6) is 11.5 Å². The Balaban J connectivity index is 2.57. The molecule has 2 N–H and O–H groups in total. The second kappa shape index (κ2) is 8.81. The van der Waals surface area contributed by atoms with Crippen LogP contribution in [0.4, 0.5) is 8.78 Å². The van der Waals surface area contributed by atoms with E-state index in [-0.39, 0.29) is 0 Å². The summed E-state index contributed by atoms with van der Waals surface area (Å²) in [6.07, 6.45) is -3.79. The van der Waals surface area contributed by atoms with E-state index in [1.165, 1.54) is 0 Å². The number of aliphatic carboxylic acids is 1. The van der Waals surface area contributed by atoms with Gasteiger partial charge in [-0.05, 0) is 19.1 Å². The Labute approximate surface area is 126 Å². The van der Waals surface area contributed by atoms with Gasteiger partial charge < -0.3 is 19.9 Å². The highest BCUT2D eigenvalue weighted by Crippen LogP contribution is 2.26. The number of alkyl halides is 2. The molecule has 0 aliphatic rings. The highest BCUT2D eigenvalue weighted by Gasteiger charge is 2.24. The largest absolute Gasteiger partial charge is 0.490 e. The van der Waals surface area contributed by atoms with Crippen molar-refractivity contribution in [1.82, 2.24) is 5.32 Å². The lowest BCUT2D eigenvalue weighted by Crippen LogP contribution is -2.44. The van der Waals surface area contributed by atoms with Crippen LogP contribution in [0, 0.1) is 0 Å². The number of carboxylic acids is 1.